The molecule has 17 nitrogen and oxygen atoms in total. The molecule has 0 aliphatic carbocycles. The zero-order valence-electron chi connectivity index (χ0n) is 39.8. The topological polar surface area (TPSA) is 198 Å². The number of amides is 4. The zero-order valence-corrected chi connectivity index (χ0v) is 40.6. The lowest BCUT2D eigenvalue weighted by Crippen LogP contribution is -2.51. The van der Waals surface area contributed by atoms with E-state index in [2.05, 4.69) is 26.7 Å². The highest BCUT2D eigenvalue weighted by Gasteiger charge is 2.40. The number of hydrogen-bond acceptors (Lipinski definition) is 11. The highest BCUT2D eigenvalue weighted by atomic mass is 32.1. The lowest BCUT2D eigenvalue weighted by Gasteiger charge is -2.30. The van der Waals surface area contributed by atoms with E-state index in [0.717, 1.165) is 57.6 Å². The first-order chi connectivity index (χ1) is 33.3. The zero-order chi connectivity index (χ0) is 48.7. The number of nitrogens with zero attached hydrogens (tertiary/aromatic N) is 5. The predicted octanol–water partition coefficient (Wildman–Crippen LogP) is 8.51. The minimum Gasteiger partial charge on any atom is -0.464 e. The van der Waals surface area contributed by atoms with Crippen molar-refractivity contribution < 1.29 is 42.5 Å². The van der Waals surface area contributed by atoms with Crippen LogP contribution in [0.2, 0.25) is 0 Å². The molecule has 19 heteroatoms. The largest absolute Gasteiger partial charge is 0.464 e. The Bertz CT molecular complexity index is 2890. The van der Waals surface area contributed by atoms with Gasteiger partial charge in [-0.3, -0.25) is 14.2 Å². The van der Waals surface area contributed by atoms with E-state index in [1.165, 1.54) is 20.3 Å². The normalized spacial score (nSPS) is 18.6. The van der Waals surface area contributed by atoms with E-state index >= 15 is 4.39 Å². The molecule has 6 aromatic rings. The maximum absolute atomic E-state index is 16.9. The van der Waals surface area contributed by atoms with Crippen LogP contribution in [0.1, 0.15) is 93.1 Å². The highest BCUT2D eigenvalue weighted by Crippen LogP contribution is 2.48. The summed E-state index contributed by atoms with van der Waals surface area (Å²) < 4.78 is 40.8. The summed E-state index contributed by atoms with van der Waals surface area (Å²) in [6, 6.07) is 13.3. The van der Waals surface area contributed by atoms with Gasteiger partial charge in [-0.2, -0.15) is 0 Å². The predicted molar refractivity (Wildman–Crippen MR) is 257 cm³/mol. The Morgan fingerprint density at radius 1 is 0.797 bits per heavy atom. The third kappa shape index (κ3) is 9.16. The molecule has 0 saturated carbocycles. The summed E-state index contributed by atoms with van der Waals surface area (Å²) in [5, 5.41) is 6.25. The number of halogens is 1. The second kappa shape index (κ2) is 19.7. The van der Waals surface area contributed by atoms with Crippen LogP contribution in [-0.2, 0) is 30.2 Å². The van der Waals surface area contributed by atoms with Gasteiger partial charge in [0.2, 0.25) is 18.0 Å². The summed E-state index contributed by atoms with van der Waals surface area (Å²) >= 11 is 1.62. The number of rotatable bonds is 14. The number of nitrogens with one attached hydrogen (secondary N) is 4. The van der Waals surface area contributed by atoms with Crippen LogP contribution in [0.3, 0.4) is 0 Å². The maximum Gasteiger partial charge on any atom is 0.407 e. The van der Waals surface area contributed by atoms with Crippen LogP contribution in [-0.4, -0.2) is 111 Å². The van der Waals surface area contributed by atoms with E-state index in [1.54, 1.807) is 40.6 Å². The molecule has 0 bridgehead atoms. The molecule has 1 unspecified atom stereocenters. The molecule has 0 radical (unpaired) electrons. The smallest absolute Gasteiger partial charge is 0.407 e. The van der Waals surface area contributed by atoms with Crippen molar-refractivity contribution in [1.29, 1.82) is 0 Å². The van der Waals surface area contributed by atoms with Crippen molar-refractivity contribution in [3.05, 3.63) is 88.1 Å². The van der Waals surface area contributed by atoms with Gasteiger partial charge in [-0.25, -0.2) is 23.9 Å². The molecule has 364 valence electrons. The molecule has 9 rings (SSSR count). The van der Waals surface area contributed by atoms with Crippen LogP contribution in [0.5, 0.6) is 5.75 Å². The van der Waals surface area contributed by atoms with E-state index in [-0.39, 0.29) is 35.7 Å². The van der Waals surface area contributed by atoms with E-state index in [9.17, 15) is 19.2 Å². The number of carbonyl (C=O) groups is 4. The number of methoxy groups -OCH3 is 3. The number of carbonyl (C=O) groups excluding carboxylic acids is 4. The fourth-order valence-electron chi connectivity index (χ4n) is 9.84. The van der Waals surface area contributed by atoms with Crippen LogP contribution >= 0.6 is 11.3 Å². The Hall–Kier alpha value is -6.73. The summed E-state index contributed by atoms with van der Waals surface area (Å²) in [5.41, 5.74) is 4.54. The average Bonchev–Trinajstić information content (AvgIpc) is 4.20. The molecule has 2 saturated heterocycles. The molecule has 4 aromatic heterocycles. The first kappa shape index (κ1) is 47.3. The summed E-state index contributed by atoms with van der Waals surface area (Å²) in [7, 11) is 4.22. The van der Waals surface area contributed by atoms with E-state index < -0.39 is 36.3 Å². The SMILES string of the molecule is COCCc1ccc(C2Oc3cc(-c4cnc([C@@H]5CCCN5C(=O)[C@@H](NC(=O)OC)C(C)C)[nH]4)cc(F)c3-c3cc4cc(-c5cnc([C@@H]6CCCN6C(=O)[C@@H](NC(=O)OC)C(C)C)[nH]5)ccc4n32)s1. The number of aromatic nitrogens is 5. The molecule has 7 heterocycles. The van der Waals surface area contributed by atoms with Gasteiger partial charge in [0, 0.05) is 48.0 Å². The van der Waals surface area contributed by atoms with Crippen LogP contribution in [0.4, 0.5) is 14.0 Å². The Kier molecular flexibility index (Phi) is 13.5. The van der Waals surface area contributed by atoms with Crippen molar-refractivity contribution in [2.75, 3.05) is 41.0 Å². The highest BCUT2D eigenvalue weighted by molar-refractivity contribution is 7.12. The first-order valence-corrected chi connectivity index (χ1v) is 24.2. The number of thiophene rings is 1. The lowest BCUT2D eigenvalue weighted by atomic mass is 10.0. The Labute approximate surface area is 403 Å². The van der Waals surface area contributed by atoms with Crippen molar-refractivity contribution in [1.82, 2.24) is 44.9 Å². The van der Waals surface area contributed by atoms with Gasteiger partial charge in [-0.05, 0) is 80.0 Å². The number of aromatic amines is 2. The van der Waals surface area contributed by atoms with Gasteiger partial charge >= 0.3 is 12.2 Å². The molecule has 5 atom stereocenters. The second-order valence-corrected chi connectivity index (χ2v) is 19.7. The fraction of sp³-hybridized carbons (Fsp3) is 0.440. The third-order valence-electron chi connectivity index (χ3n) is 13.4. The maximum atomic E-state index is 16.9. The third-order valence-corrected chi connectivity index (χ3v) is 14.6. The van der Waals surface area contributed by atoms with Crippen molar-refractivity contribution >= 4 is 46.2 Å². The minimum atomic E-state index is -0.776. The fourth-order valence-corrected chi connectivity index (χ4v) is 10.9. The summed E-state index contributed by atoms with van der Waals surface area (Å²) in [5.74, 6) is 0.373. The Morgan fingerprint density at radius 3 is 1.96 bits per heavy atom. The Balaban J connectivity index is 1.03. The molecule has 69 heavy (non-hydrogen) atoms. The molecule has 2 fully saturated rings. The van der Waals surface area contributed by atoms with E-state index in [1.807, 2.05) is 68.7 Å². The molecule has 4 N–H and O–H groups in total. The second-order valence-electron chi connectivity index (χ2n) is 18.5. The minimum absolute atomic E-state index is 0.156. The monoisotopic (exact) mass is 963 g/mol. The molecule has 3 aliphatic heterocycles. The molecule has 0 spiro atoms. The molecular weight excluding hydrogens is 906 g/mol. The summed E-state index contributed by atoms with van der Waals surface area (Å²) in [6.07, 6.45) is 5.14. The number of H-pyrrole nitrogens is 2. The van der Waals surface area contributed by atoms with Crippen molar-refractivity contribution in [2.45, 2.75) is 90.2 Å². The molecule has 3 aliphatic rings. The number of fused-ring (bicyclic) bond motifs is 5. The van der Waals surface area contributed by atoms with Gasteiger partial charge in [0.1, 0.15) is 35.3 Å². The van der Waals surface area contributed by atoms with Crippen LogP contribution in [0.15, 0.2) is 60.9 Å². The molecular formula is C50H58FN9O8S. The van der Waals surface area contributed by atoms with Gasteiger partial charge in [-0.1, -0.05) is 33.8 Å². The van der Waals surface area contributed by atoms with E-state index in [0.29, 0.717) is 66.0 Å². The number of imidazole rings is 2. The van der Waals surface area contributed by atoms with Crippen LogP contribution < -0.4 is 15.4 Å². The van der Waals surface area contributed by atoms with Gasteiger partial charge in [0.25, 0.3) is 0 Å². The van der Waals surface area contributed by atoms with Crippen molar-refractivity contribution in [2.24, 2.45) is 11.8 Å². The number of ether oxygens (including phenoxy) is 4. The van der Waals surface area contributed by atoms with E-state index in [4.69, 9.17) is 28.9 Å². The number of benzene rings is 2. The average molecular weight is 964 g/mol. The molecule has 4 amide bonds. The van der Waals surface area contributed by atoms with Crippen LogP contribution in [0, 0.1) is 17.7 Å². The number of alkyl carbamates (subject to hydrolysis) is 2. The Morgan fingerprint density at radius 2 is 1.39 bits per heavy atom. The van der Waals surface area contributed by atoms with Crippen molar-refractivity contribution in [3.63, 3.8) is 0 Å². The van der Waals surface area contributed by atoms with Crippen LogP contribution in [0.25, 0.3) is 44.7 Å². The quantitative estimate of drug-likeness (QED) is 0.0821. The summed E-state index contributed by atoms with van der Waals surface area (Å²) in [6.45, 7) is 9.12. The summed E-state index contributed by atoms with van der Waals surface area (Å²) in [4.78, 5) is 73.8. The number of hydrogen-bond donors (Lipinski definition) is 4. The van der Waals surface area contributed by atoms with Crippen molar-refractivity contribution in [3.8, 4) is 39.5 Å². The van der Waals surface area contributed by atoms with Gasteiger partial charge in [0.05, 0.1) is 78.3 Å². The lowest BCUT2D eigenvalue weighted by molar-refractivity contribution is -0.136. The van der Waals surface area contributed by atoms with Gasteiger partial charge < -0.3 is 49.3 Å². The van der Waals surface area contributed by atoms with Gasteiger partial charge in [0.15, 0.2) is 0 Å². The number of likely N-dealkylation sites (tertiary alicyclic amines) is 2. The van der Waals surface area contributed by atoms with Gasteiger partial charge in [-0.15, -0.1) is 11.3 Å². The first-order valence-electron chi connectivity index (χ1n) is 23.4. The standard InChI is InChI=1S/C50H58FN9O8S/c1-26(2)42(56-49(63)66-6)46(61)58-17-8-10-36(58)44-52-24-33(54-44)28-12-14-35-30(20-28)22-38-41-32(51)21-29(23-39(41)68-48(60(35)38)40-15-13-31(69-40)16-19-65-5)34-25-53-45(55-34)37-11-9-18-59(37)47(62)43(27(3)4)57-50(64)67-7/h12-15,20-27,36-37,42-43,48H,8-11,16-19H2,1-7H3,(H,52,54)(H,53,55)(H,56,63)(H,57,64)/t36-,37-,42-,43-,48?/m0/s1. The molecule has 2 aromatic carbocycles.